The van der Waals surface area contributed by atoms with Gasteiger partial charge in [0, 0.05) is 29.3 Å². The number of rotatable bonds is 7. The Balaban J connectivity index is 2.13. The van der Waals surface area contributed by atoms with Crippen LogP contribution in [0.2, 0.25) is 0 Å². The molecule has 0 aromatic heterocycles. The lowest BCUT2D eigenvalue weighted by Gasteiger charge is -2.39. The first-order valence-corrected chi connectivity index (χ1v) is 10.9. The monoisotopic (exact) mass is 427 g/mol. The van der Waals surface area contributed by atoms with E-state index in [-0.39, 0.29) is 17.2 Å². The summed E-state index contributed by atoms with van der Waals surface area (Å²) in [5, 5.41) is 3.36. The van der Waals surface area contributed by atoms with Gasteiger partial charge in [0.25, 0.3) is 0 Å². The number of dihydropyridines is 1. The van der Waals surface area contributed by atoms with Gasteiger partial charge >= 0.3 is 5.97 Å². The van der Waals surface area contributed by atoms with Crippen LogP contribution < -0.4 is 14.8 Å². The number of carbonyl (C=O) groups excluding carboxylic acids is 2. The van der Waals surface area contributed by atoms with E-state index >= 15 is 0 Å². The number of hydrogen-bond donors (Lipinski definition) is 1. The van der Waals surface area contributed by atoms with Crippen molar-refractivity contribution in [3.63, 3.8) is 0 Å². The van der Waals surface area contributed by atoms with Crippen LogP contribution in [0.25, 0.3) is 0 Å². The molecule has 0 radical (unpaired) electrons. The van der Waals surface area contributed by atoms with Crippen molar-refractivity contribution in [3.05, 3.63) is 46.3 Å². The lowest BCUT2D eigenvalue weighted by molar-refractivity contribution is -0.139. The van der Waals surface area contributed by atoms with E-state index in [0.29, 0.717) is 35.7 Å². The molecule has 3 rings (SSSR count). The summed E-state index contributed by atoms with van der Waals surface area (Å²) in [6.45, 7) is 8.47. The minimum atomic E-state index is -0.506. The van der Waals surface area contributed by atoms with Crippen molar-refractivity contribution in [3.8, 4) is 11.5 Å². The average Bonchev–Trinajstić information content (AvgIpc) is 2.71. The Morgan fingerprint density at radius 3 is 2.52 bits per heavy atom. The highest BCUT2D eigenvalue weighted by molar-refractivity contribution is 6.04. The molecule has 1 heterocycles. The lowest BCUT2D eigenvalue weighted by atomic mass is 9.68. The molecule has 1 N–H and O–H groups in total. The van der Waals surface area contributed by atoms with Crippen LogP contribution in [0, 0.1) is 5.41 Å². The van der Waals surface area contributed by atoms with Gasteiger partial charge in [0.05, 0.1) is 26.4 Å². The lowest BCUT2D eigenvalue weighted by Crippen LogP contribution is -2.38. The Morgan fingerprint density at radius 1 is 1.16 bits per heavy atom. The first kappa shape index (κ1) is 22.9. The molecule has 1 aromatic carbocycles. The third-order valence-corrected chi connectivity index (χ3v) is 5.93. The molecule has 31 heavy (non-hydrogen) atoms. The minimum absolute atomic E-state index is 0.0601. The van der Waals surface area contributed by atoms with E-state index in [1.165, 1.54) is 0 Å². The van der Waals surface area contributed by atoms with Crippen LogP contribution in [0.3, 0.4) is 0 Å². The number of benzene rings is 1. The van der Waals surface area contributed by atoms with Crippen molar-refractivity contribution >= 4 is 11.8 Å². The van der Waals surface area contributed by atoms with Gasteiger partial charge in [-0.05, 0) is 42.9 Å². The predicted octanol–water partition coefficient (Wildman–Crippen LogP) is 4.65. The van der Waals surface area contributed by atoms with Gasteiger partial charge in [0.2, 0.25) is 0 Å². The molecule has 0 saturated heterocycles. The summed E-state index contributed by atoms with van der Waals surface area (Å²) in [6.07, 6.45) is 2.92. The van der Waals surface area contributed by atoms with Gasteiger partial charge in [0.15, 0.2) is 17.3 Å². The smallest absolute Gasteiger partial charge is 0.336 e. The Kier molecular flexibility index (Phi) is 6.77. The van der Waals surface area contributed by atoms with Gasteiger partial charge in [-0.1, -0.05) is 33.3 Å². The van der Waals surface area contributed by atoms with E-state index in [0.717, 1.165) is 36.2 Å². The first-order chi connectivity index (χ1) is 14.7. The number of esters is 1. The van der Waals surface area contributed by atoms with Crippen LogP contribution in [0.15, 0.2) is 40.7 Å². The maximum absolute atomic E-state index is 13.3. The second kappa shape index (κ2) is 9.16. The molecule has 2 aliphatic rings. The Morgan fingerprint density at radius 2 is 1.87 bits per heavy atom. The molecule has 0 bridgehead atoms. The van der Waals surface area contributed by atoms with Crippen molar-refractivity contribution in [1.29, 1.82) is 0 Å². The van der Waals surface area contributed by atoms with E-state index in [2.05, 4.69) is 19.2 Å². The third-order valence-electron chi connectivity index (χ3n) is 5.93. The highest BCUT2D eigenvalue weighted by atomic mass is 16.5. The largest absolute Gasteiger partial charge is 0.493 e. The zero-order chi connectivity index (χ0) is 22.8. The molecule has 0 saturated carbocycles. The highest BCUT2D eigenvalue weighted by Gasteiger charge is 2.43. The molecular formula is C25H33NO5. The van der Waals surface area contributed by atoms with Gasteiger partial charge in [-0.25, -0.2) is 4.79 Å². The second-order valence-corrected chi connectivity index (χ2v) is 9.03. The van der Waals surface area contributed by atoms with Crippen molar-refractivity contribution in [1.82, 2.24) is 5.32 Å². The number of Topliss-reactive ketones (excluding diaryl/α,β-unsaturated/α-hetero) is 1. The molecule has 1 aliphatic heterocycles. The minimum Gasteiger partial charge on any atom is -0.493 e. The summed E-state index contributed by atoms with van der Waals surface area (Å²) in [7, 11) is 3.15. The average molecular weight is 428 g/mol. The standard InChI is InChI=1S/C25H33NO5/c1-7-8-11-31-24(28)21-15(2)26-17-13-25(3,4)14-18(27)23(17)22(21)16-9-10-19(29-5)20(12-16)30-6/h9-10,12,22,26H,7-8,11,13-14H2,1-6H3/t22-/m0/s1. The number of ether oxygens (including phenoxy) is 3. The fraction of sp³-hybridized carbons (Fsp3) is 0.520. The molecule has 6 nitrogen and oxygen atoms in total. The summed E-state index contributed by atoms with van der Waals surface area (Å²) in [4.78, 5) is 26.5. The van der Waals surface area contributed by atoms with Gasteiger partial charge in [-0.2, -0.15) is 0 Å². The van der Waals surface area contributed by atoms with E-state index < -0.39 is 5.92 Å². The summed E-state index contributed by atoms with van der Waals surface area (Å²) < 4.78 is 16.4. The van der Waals surface area contributed by atoms with Crippen LogP contribution in [0.5, 0.6) is 11.5 Å². The highest BCUT2D eigenvalue weighted by Crippen LogP contribution is 2.47. The number of methoxy groups -OCH3 is 2. The zero-order valence-electron chi connectivity index (χ0n) is 19.4. The molecule has 1 aromatic rings. The van der Waals surface area contributed by atoms with E-state index in [1.807, 2.05) is 32.0 Å². The molecular weight excluding hydrogens is 394 g/mol. The van der Waals surface area contributed by atoms with Gasteiger partial charge in [-0.3, -0.25) is 4.79 Å². The number of allylic oxidation sites excluding steroid dienone is 3. The molecule has 1 atom stereocenters. The Hall–Kier alpha value is -2.76. The van der Waals surface area contributed by atoms with Crippen molar-refractivity contribution < 1.29 is 23.8 Å². The number of nitrogens with one attached hydrogen (secondary N) is 1. The fourth-order valence-corrected chi connectivity index (χ4v) is 4.46. The van der Waals surface area contributed by atoms with E-state index in [4.69, 9.17) is 14.2 Å². The molecule has 6 heteroatoms. The fourth-order valence-electron chi connectivity index (χ4n) is 4.46. The number of unbranched alkanes of at least 4 members (excludes halogenated alkanes) is 1. The number of ketones is 1. The van der Waals surface area contributed by atoms with Crippen LogP contribution >= 0.6 is 0 Å². The van der Waals surface area contributed by atoms with Crippen LogP contribution in [0.1, 0.15) is 64.9 Å². The van der Waals surface area contributed by atoms with Gasteiger partial charge < -0.3 is 19.5 Å². The Bertz CT molecular complexity index is 941. The maximum Gasteiger partial charge on any atom is 0.336 e. The maximum atomic E-state index is 13.3. The Labute approximate surface area is 184 Å². The molecule has 168 valence electrons. The van der Waals surface area contributed by atoms with Gasteiger partial charge in [-0.15, -0.1) is 0 Å². The van der Waals surface area contributed by atoms with Crippen LogP contribution in [-0.4, -0.2) is 32.6 Å². The van der Waals surface area contributed by atoms with Crippen LogP contribution in [-0.2, 0) is 14.3 Å². The molecule has 1 aliphatic carbocycles. The summed E-state index contributed by atoms with van der Waals surface area (Å²) in [5.41, 5.74) is 3.43. The molecule has 0 amide bonds. The molecule has 0 unspecified atom stereocenters. The summed E-state index contributed by atoms with van der Waals surface area (Å²) in [5.74, 6) is 0.319. The van der Waals surface area contributed by atoms with Crippen molar-refractivity contribution in [2.24, 2.45) is 5.41 Å². The van der Waals surface area contributed by atoms with Crippen molar-refractivity contribution in [2.75, 3.05) is 20.8 Å². The zero-order valence-corrected chi connectivity index (χ0v) is 19.4. The van der Waals surface area contributed by atoms with Crippen LogP contribution in [0.4, 0.5) is 0 Å². The predicted molar refractivity (Wildman–Crippen MR) is 119 cm³/mol. The first-order valence-electron chi connectivity index (χ1n) is 10.9. The van der Waals surface area contributed by atoms with E-state index in [1.54, 1.807) is 14.2 Å². The third kappa shape index (κ3) is 4.63. The second-order valence-electron chi connectivity index (χ2n) is 9.03. The SMILES string of the molecule is CCCCOC(=O)C1=C(C)NC2=C(C(=O)CC(C)(C)C2)[C@H]1c1ccc(OC)c(OC)c1. The van der Waals surface area contributed by atoms with Crippen molar-refractivity contribution in [2.45, 2.75) is 59.3 Å². The molecule has 0 spiro atoms. The summed E-state index contributed by atoms with van der Waals surface area (Å²) in [6, 6.07) is 5.55. The number of carbonyl (C=O) groups is 2. The normalized spacial score (nSPS) is 20.2. The topological polar surface area (TPSA) is 73.9 Å². The van der Waals surface area contributed by atoms with E-state index in [9.17, 15) is 9.59 Å². The number of hydrogen-bond acceptors (Lipinski definition) is 6. The molecule has 0 fully saturated rings. The summed E-state index contributed by atoms with van der Waals surface area (Å²) >= 11 is 0. The quantitative estimate of drug-likeness (QED) is 0.504. The van der Waals surface area contributed by atoms with Gasteiger partial charge in [0.1, 0.15) is 0 Å².